The third-order valence-corrected chi connectivity index (χ3v) is 1.89. The van der Waals surface area contributed by atoms with Crippen LogP contribution in [0.2, 0.25) is 0 Å². The van der Waals surface area contributed by atoms with Crippen LogP contribution in [0.25, 0.3) is 6.08 Å². The minimum atomic E-state index is -0.547. The summed E-state index contributed by atoms with van der Waals surface area (Å²) in [5, 5.41) is 8.40. The third kappa shape index (κ3) is 3.39. The van der Waals surface area contributed by atoms with Gasteiger partial charge in [-0.25, -0.2) is 0 Å². The molecule has 4 heteroatoms. The highest BCUT2D eigenvalue weighted by molar-refractivity contribution is 5.98. The zero-order valence-electron chi connectivity index (χ0n) is 8.51. The number of carbonyl (C=O) groups is 2. The molecule has 16 heavy (non-hydrogen) atoms. The molecule has 0 fully saturated rings. The molecular weight excluding hydrogens is 204 g/mol. The lowest BCUT2D eigenvalue weighted by Crippen LogP contribution is -2.05. The van der Waals surface area contributed by atoms with Crippen LogP contribution in [-0.4, -0.2) is 11.7 Å². The Kier molecular flexibility index (Phi) is 3.98. The van der Waals surface area contributed by atoms with E-state index in [4.69, 9.17) is 11.0 Å². The van der Waals surface area contributed by atoms with Gasteiger partial charge in [-0.05, 0) is 17.7 Å². The number of nitrogens with zero attached hydrogens (tertiary/aromatic N) is 1. The first-order chi connectivity index (χ1) is 7.63. The van der Waals surface area contributed by atoms with E-state index in [2.05, 4.69) is 0 Å². The smallest absolute Gasteiger partial charge is 0.241 e. The first-order valence-electron chi connectivity index (χ1n) is 4.61. The maximum absolute atomic E-state index is 11.4. The number of hydrogen-bond donors (Lipinski definition) is 1. The number of rotatable bonds is 4. The summed E-state index contributed by atoms with van der Waals surface area (Å²) in [6.45, 7) is 0. The van der Waals surface area contributed by atoms with Crippen molar-refractivity contribution in [3.8, 4) is 6.07 Å². The molecule has 0 aliphatic heterocycles. The van der Waals surface area contributed by atoms with Crippen LogP contribution in [0.1, 0.15) is 22.3 Å². The van der Waals surface area contributed by atoms with Gasteiger partial charge in [-0.15, -0.1) is 0 Å². The molecule has 0 aliphatic rings. The fraction of sp³-hybridized carbons (Fsp3) is 0.0833. The van der Waals surface area contributed by atoms with E-state index >= 15 is 0 Å². The summed E-state index contributed by atoms with van der Waals surface area (Å²) in [5.74, 6) is -0.787. The summed E-state index contributed by atoms with van der Waals surface area (Å²) in [6.07, 6.45) is 2.59. The van der Waals surface area contributed by atoms with Crippen LogP contribution in [-0.2, 0) is 4.79 Å². The molecule has 80 valence electrons. The summed E-state index contributed by atoms with van der Waals surface area (Å²) < 4.78 is 0. The largest absolute Gasteiger partial charge is 0.366 e. The molecule has 0 aromatic heterocycles. The van der Waals surface area contributed by atoms with Gasteiger partial charge >= 0.3 is 0 Å². The lowest BCUT2D eigenvalue weighted by Gasteiger charge is -1.98. The van der Waals surface area contributed by atoms with Gasteiger partial charge in [-0.3, -0.25) is 9.59 Å². The molecule has 0 unspecified atom stereocenters. The fourth-order valence-electron chi connectivity index (χ4n) is 1.17. The van der Waals surface area contributed by atoms with Gasteiger partial charge < -0.3 is 5.73 Å². The van der Waals surface area contributed by atoms with Gasteiger partial charge in [0, 0.05) is 11.6 Å². The average Bonchev–Trinajstić information content (AvgIpc) is 2.27. The Hall–Kier alpha value is -2.41. The molecule has 0 spiro atoms. The topological polar surface area (TPSA) is 83.9 Å². The first-order valence-corrected chi connectivity index (χ1v) is 4.61. The molecule has 0 radical (unpaired) electrons. The Morgan fingerprint density at radius 2 is 2.19 bits per heavy atom. The lowest BCUT2D eigenvalue weighted by atomic mass is 10.1. The minimum Gasteiger partial charge on any atom is -0.366 e. The average molecular weight is 214 g/mol. The van der Waals surface area contributed by atoms with E-state index in [1.54, 1.807) is 30.3 Å². The second-order valence-corrected chi connectivity index (χ2v) is 3.12. The molecule has 2 N–H and O–H groups in total. The number of hydrogen-bond acceptors (Lipinski definition) is 3. The quantitative estimate of drug-likeness (QED) is 0.605. The lowest BCUT2D eigenvalue weighted by molar-refractivity contribution is -0.113. The van der Waals surface area contributed by atoms with E-state index in [1.807, 2.05) is 0 Å². The van der Waals surface area contributed by atoms with E-state index in [0.717, 1.165) is 0 Å². The predicted octanol–water partition coefficient (Wildman–Crippen LogP) is 1.28. The zero-order chi connectivity index (χ0) is 12.0. The number of carbonyl (C=O) groups excluding carboxylic acids is 2. The molecule has 4 nitrogen and oxygen atoms in total. The standard InChI is InChI=1S/C12H10N2O2/c13-7-6-11(15)10-3-1-2-9(8-10)4-5-12(14)16/h1-5,8H,6H2,(H2,14,16). The van der Waals surface area contributed by atoms with Crippen molar-refractivity contribution >= 4 is 17.8 Å². The molecule has 1 aromatic rings. The second kappa shape index (κ2) is 5.47. The number of nitriles is 1. The van der Waals surface area contributed by atoms with Gasteiger partial charge in [0.05, 0.1) is 12.5 Å². The van der Waals surface area contributed by atoms with Crippen LogP contribution in [0.3, 0.4) is 0 Å². The molecule has 0 saturated carbocycles. The maximum Gasteiger partial charge on any atom is 0.241 e. The SMILES string of the molecule is N#CCC(=O)c1cccc(C=CC(N)=O)c1. The third-order valence-electron chi connectivity index (χ3n) is 1.89. The van der Waals surface area contributed by atoms with E-state index < -0.39 is 5.91 Å². The number of ketones is 1. The highest BCUT2D eigenvalue weighted by Crippen LogP contribution is 2.09. The van der Waals surface area contributed by atoms with Gasteiger partial charge in [0.1, 0.15) is 0 Å². The van der Waals surface area contributed by atoms with Crippen LogP contribution < -0.4 is 5.73 Å². The summed E-state index contributed by atoms with van der Waals surface area (Å²) in [5.41, 5.74) is 6.10. The van der Waals surface area contributed by atoms with Crippen molar-refractivity contribution in [1.82, 2.24) is 0 Å². The Balaban J connectivity index is 2.92. The van der Waals surface area contributed by atoms with E-state index in [-0.39, 0.29) is 12.2 Å². The predicted molar refractivity (Wildman–Crippen MR) is 59.2 cm³/mol. The van der Waals surface area contributed by atoms with Crippen LogP contribution in [0.5, 0.6) is 0 Å². The monoisotopic (exact) mass is 214 g/mol. The van der Waals surface area contributed by atoms with Crippen LogP contribution in [0, 0.1) is 11.3 Å². The Morgan fingerprint density at radius 1 is 1.44 bits per heavy atom. The highest BCUT2D eigenvalue weighted by Gasteiger charge is 2.04. The zero-order valence-corrected chi connectivity index (χ0v) is 8.51. The summed E-state index contributed by atoms with van der Waals surface area (Å²) in [7, 11) is 0. The number of benzene rings is 1. The Bertz CT molecular complexity index is 484. The van der Waals surface area contributed by atoms with Crippen molar-refractivity contribution in [2.24, 2.45) is 5.73 Å². The van der Waals surface area contributed by atoms with Crippen LogP contribution in [0.15, 0.2) is 30.3 Å². The molecule has 0 saturated heterocycles. The normalized spacial score (nSPS) is 9.94. The first kappa shape index (κ1) is 11.7. The van der Waals surface area contributed by atoms with Crippen molar-refractivity contribution < 1.29 is 9.59 Å². The Labute approximate surface area is 93.0 Å². The molecule has 0 atom stereocenters. The number of nitrogens with two attached hydrogens (primary N) is 1. The van der Waals surface area contributed by atoms with Crippen molar-refractivity contribution in [3.05, 3.63) is 41.5 Å². The van der Waals surface area contributed by atoms with Gasteiger partial charge in [-0.1, -0.05) is 18.2 Å². The molecule has 0 heterocycles. The number of amides is 1. The molecule has 1 rings (SSSR count). The number of primary amides is 1. The molecule has 1 amide bonds. The van der Waals surface area contributed by atoms with Gasteiger partial charge in [-0.2, -0.15) is 5.26 Å². The summed E-state index contributed by atoms with van der Waals surface area (Å²) >= 11 is 0. The summed E-state index contributed by atoms with van der Waals surface area (Å²) in [6, 6.07) is 8.45. The van der Waals surface area contributed by atoms with Gasteiger partial charge in [0.25, 0.3) is 0 Å². The van der Waals surface area contributed by atoms with Crippen LogP contribution in [0.4, 0.5) is 0 Å². The van der Waals surface area contributed by atoms with Gasteiger partial charge in [0.15, 0.2) is 5.78 Å². The second-order valence-electron chi connectivity index (χ2n) is 3.12. The van der Waals surface area contributed by atoms with E-state index in [0.29, 0.717) is 11.1 Å². The van der Waals surface area contributed by atoms with Crippen molar-refractivity contribution in [1.29, 1.82) is 5.26 Å². The maximum atomic E-state index is 11.4. The van der Waals surface area contributed by atoms with Crippen molar-refractivity contribution in [3.63, 3.8) is 0 Å². The van der Waals surface area contributed by atoms with Crippen LogP contribution >= 0.6 is 0 Å². The molecule has 0 bridgehead atoms. The fourth-order valence-corrected chi connectivity index (χ4v) is 1.17. The van der Waals surface area contributed by atoms with Crippen molar-refractivity contribution in [2.75, 3.05) is 0 Å². The van der Waals surface area contributed by atoms with E-state index in [9.17, 15) is 9.59 Å². The Morgan fingerprint density at radius 3 is 2.81 bits per heavy atom. The minimum absolute atomic E-state index is 0.150. The molecule has 1 aromatic carbocycles. The number of Topliss-reactive ketones (excluding diaryl/α,β-unsaturated/α-hetero) is 1. The highest BCUT2D eigenvalue weighted by atomic mass is 16.1. The van der Waals surface area contributed by atoms with Gasteiger partial charge in [0.2, 0.25) is 5.91 Å². The molecular formula is C12H10N2O2. The van der Waals surface area contributed by atoms with E-state index in [1.165, 1.54) is 12.2 Å². The molecule has 0 aliphatic carbocycles. The van der Waals surface area contributed by atoms with Crippen molar-refractivity contribution in [2.45, 2.75) is 6.42 Å². The summed E-state index contributed by atoms with van der Waals surface area (Å²) in [4.78, 5) is 21.9.